The monoisotopic (exact) mass is 278 g/mol. The molecule has 2 aromatic rings. The molecule has 1 amide bonds. The van der Waals surface area contributed by atoms with Crippen LogP contribution in [0, 0.1) is 0 Å². The number of carboxylic acids is 1. The fourth-order valence-electron chi connectivity index (χ4n) is 2.15. The van der Waals surface area contributed by atoms with Crippen LogP contribution in [-0.2, 0) is 17.8 Å². The number of carboxylic acid groups (broad SMARTS) is 1. The molecular formula is C10H10N6O4. The smallest absolute Gasteiger partial charge is 0.326 e. The van der Waals surface area contributed by atoms with Crippen LogP contribution in [0.1, 0.15) is 21.9 Å². The lowest BCUT2D eigenvalue weighted by Gasteiger charge is -2.31. The van der Waals surface area contributed by atoms with Crippen LogP contribution in [0.5, 0.6) is 0 Å². The summed E-state index contributed by atoms with van der Waals surface area (Å²) in [6.07, 6.45) is 1.58. The Labute approximate surface area is 111 Å². The molecule has 10 heteroatoms. The van der Waals surface area contributed by atoms with Crippen molar-refractivity contribution in [3.63, 3.8) is 0 Å². The number of nitrogens with two attached hydrogens (primary N) is 1. The molecule has 3 heterocycles. The summed E-state index contributed by atoms with van der Waals surface area (Å²) in [5.74, 6) is -1.94. The van der Waals surface area contributed by atoms with Crippen LogP contribution in [-0.4, -0.2) is 48.2 Å². The maximum atomic E-state index is 12.3. The Kier molecular flexibility index (Phi) is 2.63. The van der Waals surface area contributed by atoms with Crippen molar-refractivity contribution in [2.75, 3.05) is 5.73 Å². The first-order valence-corrected chi connectivity index (χ1v) is 5.71. The number of amides is 1. The van der Waals surface area contributed by atoms with E-state index in [-0.39, 0.29) is 24.5 Å². The molecule has 0 saturated carbocycles. The number of aliphatic carboxylic acids is 1. The van der Waals surface area contributed by atoms with Gasteiger partial charge in [0.1, 0.15) is 6.04 Å². The number of nitrogen functional groups attached to an aromatic ring is 1. The summed E-state index contributed by atoms with van der Waals surface area (Å²) in [5.41, 5.74) is 6.58. The van der Waals surface area contributed by atoms with Gasteiger partial charge in [-0.1, -0.05) is 0 Å². The third-order valence-electron chi connectivity index (χ3n) is 3.16. The summed E-state index contributed by atoms with van der Waals surface area (Å²) in [6, 6.07) is -1.03. The first kappa shape index (κ1) is 12.1. The molecule has 20 heavy (non-hydrogen) atoms. The molecule has 1 aliphatic rings. The fourth-order valence-corrected chi connectivity index (χ4v) is 2.15. The first-order valence-electron chi connectivity index (χ1n) is 5.71. The largest absolute Gasteiger partial charge is 0.480 e. The van der Waals surface area contributed by atoms with Gasteiger partial charge in [0.05, 0.1) is 24.3 Å². The molecule has 1 aliphatic heterocycles. The van der Waals surface area contributed by atoms with E-state index in [1.165, 1.54) is 6.33 Å². The third kappa shape index (κ3) is 1.77. The van der Waals surface area contributed by atoms with Crippen molar-refractivity contribution < 1.29 is 19.3 Å². The number of hydrogen-bond donors (Lipinski definition) is 3. The molecule has 10 nitrogen and oxygen atoms in total. The van der Waals surface area contributed by atoms with Crippen molar-refractivity contribution in [3.05, 3.63) is 23.4 Å². The number of nitrogens with one attached hydrogen (secondary N) is 1. The van der Waals surface area contributed by atoms with Crippen molar-refractivity contribution >= 4 is 17.7 Å². The van der Waals surface area contributed by atoms with E-state index in [1.54, 1.807) is 0 Å². The van der Waals surface area contributed by atoms with Gasteiger partial charge >= 0.3 is 5.97 Å². The number of imidazole rings is 1. The SMILES string of the molecule is Nc1nonc1C(=O)N1Cc2[nH]cnc2CC1C(=O)O. The predicted molar refractivity (Wildman–Crippen MR) is 62.3 cm³/mol. The van der Waals surface area contributed by atoms with Gasteiger partial charge < -0.3 is 20.7 Å². The number of H-pyrrole nitrogens is 1. The number of nitrogens with zero attached hydrogens (tertiary/aromatic N) is 4. The van der Waals surface area contributed by atoms with Crippen LogP contribution in [0.2, 0.25) is 0 Å². The number of fused-ring (bicyclic) bond motifs is 1. The van der Waals surface area contributed by atoms with Crippen molar-refractivity contribution in [1.29, 1.82) is 0 Å². The van der Waals surface area contributed by atoms with Crippen molar-refractivity contribution in [2.45, 2.75) is 19.0 Å². The molecule has 0 saturated heterocycles. The topological polar surface area (TPSA) is 151 Å². The number of carbonyl (C=O) groups excluding carboxylic acids is 1. The molecule has 4 N–H and O–H groups in total. The third-order valence-corrected chi connectivity index (χ3v) is 3.16. The Morgan fingerprint density at radius 1 is 1.50 bits per heavy atom. The Bertz CT molecular complexity index is 677. The molecule has 2 aromatic heterocycles. The summed E-state index contributed by atoms with van der Waals surface area (Å²) in [7, 11) is 0. The molecule has 3 rings (SSSR count). The van der Waals surface area contributed by atoms with Crippen molar-refractivity contribution in [2.24, 2.45) is 0 Å². The zero-order chi connectivity index (χ0) is 14.3. The summed E-state index contributed by atoms with van der Waals surface area (Å²) in [4.78, 5) is 31.7. The zero-order valence-corrected chi connectivity index (χ0v) is 10.1. The molecule has 0 aliphatic carbocycles. The van der Waals surface area contributed by atoms with Gasteiger partial charge in [0.25, 0.3) is 5.91 Å². The van der Waals surface area contributed by atoms with Crippen LogP contribution in [0.25, 0.3) is 0 Å². The van der Waals surface area contributed by atoms with E-state index in [4.69, 9.17) is 5.73 Å². The van der Waals surface area contributed by atoms with Crippen molar-refractivity contribution in [3.8, 4) is 0 Å². The van der Waals surface area contributed by atoms with Gasteiger partial charge in [-0.05, 0) is 10.3 Å². The Hall–Kier alpha value is -2.91. The van der Waals surface area contributed by atoms with Gasteiger partial charge in [-0.2, -0.15) is 0 Å². The van der Waals surface area contributed by atoms with Gasteiger partial charge in [0.2, 0.25) is 11.5 Å². The number of aromatic amines is 1. The molecule has 0 fully saturated rings. The second-order valence-electron chi connectivity index (χ2n) is 4.32. The van der Waals surface area contributed by atoms with E-state index in [1.807, 2.05) is 0 Å². The van der Waals surface area contributed by atoms with Crippen LogP contribution < -0.4 is 5.73 Å². The quantitative estimate of drug-likeness (QED) is 0.634. The minimum absolute atomic E-state index is 0.0808. The normalized spacial score (nSPS) is 17.8. The van der Waals surface area contributed by atoms with Gasteiger partial charge in [-0.25, -0.2) is 14.4 Å². The summed E-state index contributed by atoms with van der Waals surface area (Å²) < 4.78 is 4.37. The van der Waals surface area contributed by atoms with Crippen LogP contribution in [0.3, 0.4) is 0 Å². The molecule has 104 valence electrons. The highest BCUT2D eigenvalue weighted by Crippen LogP contribution is 2.23. The highest BCUT2D eigenvalue weighted by Gasteiger charge is 2.38. The Morgan fingerprint density at radius 2 is 2.30 bits per heavy atom. The lowest BCUT2D eigenvalue weighted by atomic mass is 10.0. The van der Waals surface area contributed by atoms with Crippen LogP contribution in [0.15, 0.2) is 11.0 Å². The maximum Gasteiger partial charge on any atom is 0.326 e. The van der Waals surface area contributed by atoms with Crippen LogP contribution >= 0.6 is 0 Å². The number of anilines is 1. The highest BCUT2D eigenvalue weighted by molar-refractivity contribution is 5.98. The van der Waals surface area contributed by atoms with E-state index in [0.29, 0.717) is 11.4 Å². The molecule has 0 radical (unpaired) electrons. The molecule has 0 aromatic carbocycles. The number of hydrogen-bond acceptors (Lipinski definition) is 7. The van der Waals surface area contributed by atoms with Gasteiger partial charge in [0.15, 0.2) is 0 Å². The van der Waals surface area contributed by atoms with Crippen LogP contribution in [0.4, 0.5) is 5.82 Å². The van der Waals surface area contributed by atoms with E-state index >= 15 is 0 Å². The number of carbonyl (C=O) groups is 2. The summed E-state index contributed by atoms with van der Waals surface area (Å²) in [5, 5.41) is 16.0. The van der Waals surface area contributed by atoms with E-state index in [9.17, 15) is 14.7 Å². The van der Waals surface area contributed by atoms with E-state index in [0.717, 1.165) is 4.90 Å². The second kappa shape index (κ2) is 4.33. The molecule has 0 bridgehead atoms. The predicted octanol–water partition coefficient (Wildman–Crippen LogP) is -0.973. The minimum Gasteiger partial charge on any atom is -0.480 e. The zero-order valence-electron chi connectivity index (χ0n) is 10.1. The maximum absolute atomic E-state index is 12.3. The highest BCUT2D eigenvalue weighted by atomic mass is 16.6. The van der Waals surface area contributed by atoms with E-state index in [2.05, 4.69) is 24.9 Å². The summed E-state index contributed by atoms with van der Waals surface area (Å²) >= 11 is 0. The average molecular weight is 278 g/mol. The first-order chi connectivity index (χ1) is 9.58. The van der Waals surface area contributed by atoms with Gasteiger partial charge in [-0.3, -0.25) is 4.79 Å². The minimum atomic E-state index is -1.12. The van der Waals surface area contributed by atoms with Crippen molar-refractivity contribution in [1.82, 2.24) is 25.2 Å². The van der Waals surface area contributed by atoms with E-state index < -0.39 is 17.9 Å². The Balaban J connectivity index is 1.96. The second-order valence-corrected chi connectivity index (χ2v) is 4.32. The van der Waals surface area contributed by atoms with Gasteiger partial charge in [0, 0.05) is 6.42 Å². The molecular weight excluding hydrogens is 268 g/mol. The number of aromatic nitrogens is 4. The fraction of sp³-hybridized carbons (Fsp3) is 0.300. The number of rotatable bonds is 2. The lowest BCUT2D eigenvalue weighted by Crippen LogP contribution is -2.49. The standard InChI is InChI=1S/C10H10N6O4/c11-8-7(14-20-15-8)9(17)16-2-5-4(12-3-13-5)1-6(16)10(18)19/h3,6H,1-2H2,(H2,11,15)(H,12,13)(H,18,19). The lowest BCUT2D eigenvalue weighted by molar-refractivity contribution is -0.142. The average Bonchev–Trinajstić information content (AvgIpc) is 3.04. The molecule has 0 spiro atoms. The van der Waals surface area contributed by atoms with Gasteiger partial charge in [-0.15, -0.1) is 0 Å². The molecule has 1 unspecified atom stereocenters. The summed E-state index contributed by atoms with van der Waals surface area (Å²) in [6.45, 7) is 0.0808. The Morgan fingerprint density at radius 3 is 2.95 bits per heavy atom. The molecule has 1 atom stereocenters.